The lowest BCUT2D eigenvalue weighted by atomic mass is 10.1. The van der Waals surface area contributed by atoms with Gasteiger partial charge in [-0.15, -0.1) is 21.5 Å². The Morgan fingerprint density at radius 3 is 2.88 bits per heavy atom. The third-order valence-electron chi connectivity index (χ3n) is 3.40. The second-order valence-electron chi connectivity index (χ2n) is 4.95. The number of aromatic nitrogens is 2. The number of amides is 1. The predicted octanol–water partition coefficient (Wildman–Crippen LogP) is 4.35. The number of benzene rings is 1. The van der Waals surface area contributed by atoms with Gasteiger partial charge in [0.15, 0.2) is 5.01 Å². The molecule has 4 rings (SSSR count). The molecule has 1 aliphatic rings. The third kappa shape index (κ3) is 2.65. The summed E-state index contributed by atoms with van der Waals surface area (Å²) in [5.74, 6) is 0.383. The Bertz CT molecular complexity index is 923. The van der Waals surface area contributed by atoms with Crippen molar-refractivity contribution in [2.75, 3.05) is 5.32 Å². The molecule has 0 saturated carbocycles. The molecule has 0 fully saturated rings. The van der Waals surface area contributed by atoms with Crippen LogP contribution < -0.4 is 10.1 Å². The minimum atomic E-state index is -2.70. The third-order valence-corrected chi connectivity index (χ3v) is 5.45. The lowest BCUT2D eigenvalue weighted by Gasteiger charge is -2.16. The molecule has 2 aromatic heterocycles. The summed E-state index contributed by atoms with van der Waals surface area (Å²) >= 11 is 2.00. The lowest BCUT2D eigenvalue weighted by molar-refractivity contribution is 0.103. The van der Waals surface area contributed by atoms with Crippen molar-refractivity contribution in [3.63, 3.8) is 0 Å². The molecule has 3 aromatic rings. The normalized spacial score (nSPS) is 12.5. The van der Waals surface area contributed by atoms with Crippen LogP contribution >= 0.6 is 22.7 Å². The molecule has 1 N–H and O–H groups in total. The number of alkyl halides is 2. The SMILES string of the molecule is O=C(Nc1nnc(C(F)F)s1)c1cc2c(s1)-c1ccccc1OC2. The highest BCUT2D eigenvalue weighted by molar-refractivity contribution is 7.18. The first-order valence-corrected chi connectivity index (χ1v) is 8.53. The van der Waals surface area contributed by atoms with E-state index in [-0.39, 0.29) is 5.13 Å². The zero-order valence-corrected chi connectivity index (χ0v) is 13.6. The van der Waals surface area contributed by atoms with E-state index in [1.54, 1.807) is 6.07 Å². The number of hydrogen-bond donors (Lipinski definition) is 1. The largest absolute Gasteiger partial charge is 0.488 e. The smallest absolute Gasteiger partial charge is 0.291 e. The van der Waals surface area contributed by atoms with E-state index in [0.717, 1.165) is 21.8 Å². The molecule has 0 unspecified atom stereocenters. The molecule has 1 amide bonds. The van der Waals surface area contributed by atoms with Gasteiger partial charge >= 0.3 is 0 Å². The zero-order chi connectivity index (χ0) is 16.7. The molecule has 122 valence electrons. The summed E-state index contributed by atoms with van der Waals surface area (Å²) in [6.07, 6.45) is -2.70. The van der Waals surface area contributed by atoms with Crippen molar-refractivity contribution in [1.82, 2.24) is 10.2 Å². The van der Waals surface area contributed by atoms with Crippen LogP contribution in [0.3, 0.4) is 0 Å². The van der Waals surface area contributed by atoms with Gasteiger partial charge in [0.05, 0.1) is 4.88 Å². The number of nitrogens with zero attached hydrogens (tertiary/aromatic N) is 2. The zero-order valence-electron chi connectivity index (χ0n) is 12.0. The van der Waals surface area contributed by atoms with E-state index in [0.29, 0.717) is 22.8 Å². The number of carbonyl (C=O) groups excluding carboxylic acids is 1. The number of hydrogen-bond acceptors (Lipinski definition) is 6. The average molecular weight is 365 g/mol. The van der Waals surface area contributed by atoms with Gasteiger partial charge in [0.1, 0.15) is 12.4 Å². The standard InChI is InChI=1S/C15H9F2N3O2S2/c16-12(17)14-19-20-15(24-14)18-13(21)10-5-7-6-22-9-4-2-1-3-8(9)11(7)23-10/h1-5,12H,6H2,(H,18,20,21). The summed E-state index contributed by atoms with van der Waals surface area (Å²) in [7, 11) is 0. The molecule has 0 aliphatic carbocycles. The van der Waals surface area contributed by atoms with Crippen molar-refractivity contribution in [3.8, 4) is 16.2 Å². The number of fused-ring (bicyclic) bond motifs is 3. The number of rotatable bonds is 3. The minimum absolute atomic E-state index is 0.0540. The van der Waals surface area contributed by atoms with Crippen LogP contribution in [0.2, 0.25) is 0 Å². The Hall–Kier alpha value is -2.39. The van der Waals surface area contributed by atoms with Crippen LogP contribution in [0, 0.1) is 0 Å². The van der Waals surface area contributed by atoms with Gasteiger partial charge in [-0.3, -0.25) is 10.1 Å². The predicted molar refractivity (Wildman–Crippen MR) is 86.9 cm³/mol. The number of thiophene rings is 1. The van der Waals surface area contributed by atoms with Crippen LogP contribution in [0.5, 0.6) is 5.75 Å². The van der Waals surface area contributed by atoms with E-state index in [2.05, 4.69) is 15.5 Å². The summed E-state index contributed by atoms with van der Waals surface area (Å²) in [6.45, 7) is 0.393. The molecule has 1 aromatic carbocycles. The molecule has 3 heterocycles. The first-order chi connectivity index (χ1) is 11.6. The van der Waals surface area contributed by atoms with Crippen LogP contribution in [-0.2, 0) is 6.61 Å². The Morgan fingerprint density at radius 2 is 2.08 bits per heavy atom. The number of anilines is 1. The van der Waals surface area contributed by atoms with Crippen LogP contribution in [0.25, 0.3) is 10.4 Å². The van der Waals surface area contributed by atoms with E-state index in [1.807, 2.05) is 24.3 Å². The second-order valence-corrected chi connectivity index (χ2v) is 7.01. The quantitative estimate of drug-likeness (QED) is 0.749. The second kappa shape index (κ2) is 5.91. The molecule has 9 heteroatoms. The summed E-state index contributed by atoms with van der Waals surface area (Å²) < 4.78 is 30.7. The molecule has 5 nitrogen and oxygen atoms in total. The average Bonchev–Trinajstić information content (AvgIpc) is 3.21. The van der Waals surface area contributed by atoms with Gasteiger partial charge in [0.2, 0.25) is 5.13 Å². The van der Waals surface area contributed by atoms with Crippen LogP contribution in [-0.4, -0.2) is 16.1 Å². The van der Waals surface area contributed by atoms with Crippen LogP contribution in [0.4, 0.5) is 13.9 Å². The number of carbonyl (C=O) groups is 1. The molecular formula is C15H9F2N3O2S2. The van der Waals surface area contributed by atoms with Crippen molar-refractivity contribution in [3.05, 3.63) is 45.8 Å². The van der Waals surface area contributed by atoms with E-state index < -0.39 is 17.3 Å². The van der Waals surface area contributed by atoms with Crippen LogP contribution in [0.15, 0.2) is 30.3 Å². The van der Waals surface area contributed by atoms with Gasteiger partial charge in [-0.2, -0.15) is 0 Å². The molecule has 0 bridgehead atoms. The fraction of sp³-hybridized carbons (Fsp3) is 0.133. The Kier molecular flexibility index (Phi) is 3.73. The van der Waals surface area contributed by atoms with Crippen LogP contribution in [0.1, 0.15) is 26.7 Å². The number of para-hydroxylation sites is 1. The van der Waals surface area contributed by atoms with E-state index in [4.69, 9.17) is 4.74 Å². The maximum atomic E-state index is 12.5. The number of nitrogens with one attached hydrogen (secondary N) is 1. The van der Waals surface area contributed by atoms with Gasteiger partial charge in [0.25, 0.3) is 12.3 Å². The van der Waals surface area contributed by atoms with Crippen molar-refractivity contribution in [2.24, 2.45) is 0 Å². The molecule has 24 heavy (non-hydrogen) atoms. The summed E-state index contributed by atoms with van der Waals surface area (Å²) in [6, 6.07) is 9.36. The molecule has 0 radical (unpaired) electrons. The van der Waals surface area contributed by atoms with Gasteiger partial charge < -0.3 is 4.74 Å². The van der Waals surface area contributed by atoms with Crippen molar-refractivity contribution < 1.29 is 18.3 Å². The lowest BCUT2D eigenvalue weighted by Crippen LogP contribution is -2.09. The molecule has 1 aliphatic heterocycles. The molecule has 0 spiro atoms. The fourth-order valence-corrected chi connectivity index (χ4v) is 4.03. The van der Waals surface area contributed by atoms with Gasteiger partial charge in [-0.1, -0.05) is 23.5 Å². The van der Waals surface area contributed by atoms with E-state index in [1.165, 1.54) is 11.3 Å². The fourth-order valence-electron chi connectivity index (χ4n) is 2.34. The monoisotopic (exact) mass is 365 g/mol. The van der Waals surface area contributed by atoms with Crippen molar-refractivity contribution >= 4 is 33.7 Å². The van der Waals surface area contributed by atoms with E-state index >= 15 is 0 Å². The van der Waals surface area contributed by atoms with Crippen molar-refractivity contribution in [1.29, 1.82) is 0 Å². The Balaban J connectivity index is 1.59. The minimum Gasteiger partial charge on any atom is -0.488 e. The highest BCUT2D eigenvalue weighted by Gasteiger charge is 2.23. The number of ether oxygens (including phenoxy) is 1. The number of halogens is 2. The van der Waals surface area contributed by atoms with Crippen molar-refractivity contribution in [2.45, 2.75) is 13.0 Å². The maximum absolute atomic E-state index is 12.5. The maximum Gasteiger partial charge on any atom is 0.291 e. The molecule has 0 saturated heterocycles. The summed E-state index contributed by atoms with van der Waals surface area (Å²) in [4.78, 5) is 13.8. The first kappa shape index (κ1) is 15.2. The summed E-state index contributed by atoms with van der Waals surface area (Å²) in [5.41, 5.74) is 1.87. The molecule has 0 atom stereocenters. The van der Waals surface area contributed by atoms with E-state index in [9.17, 15) is 13.6 Å². The van der Waals surface area contributed by atoms with Gasteiger partial charge in [-0.25, -0.2) is 8.78 Å². The highest BCUT2D eigenvalue weighted by atomic mass is 32.1. The summed E-state index contributed by atoms with van der Waals surface area (Å²) in [5, 5.41) is 9.05. The molecular weight excluding hydrogens is 356 g/mol. The Labute approximate surface area is 142 Å². The van der Waals surface area contributed by atoms with Gasteiger partial charge in [0, 0.05) is 16.0 Å². The topological polar surface area (TPSA) is 64.1 Å². The first-order valence-electron chi connectivity index (χ1n) is 6.89. The Morgan fingerprint density at radius 1 is 1.25 bits per heavy atom. The van der Waals surface area contributed by atoms with Gasteiger partial charge in [-0.05, 0) is 18.2 Å². The highest BCUT2D eigenvalue weighted by Crippen LogP contribution is 2.42.